The van der Waals surface area contributed by atoms with Gasteiger partial charge in [-0.25, -0.2) is 10.0 Å². The van der Waals surface area contributed by atoms with Gasteiger partial charge in [-0.3, -0.25) is 4.79 Å². The molecule has 0 aliphatic heterocycles. The molecular formula is C19H17N2OP. The fourth-order valence-corrected chi connectivity index (χ4v) is 2.69. The fraction of sp³-hybridized carbons (Fsp3) is 0. The number of anilines is 3. The molecular weight excluding hydrogens is 303 g/mol. The van der Waals surface area contributed by atoms with Gasteiger partial charge >= 0.3 is 0 Å². The van der Waals surface area contributed by atoms with Crippen LogP contribution in [0, 0.1) is 0 Å². The Morgan fingerprint density at radius 1 is 0.609 bits per heavy atom. The minimum Gasteiger partial charge on any atom is -0.268 e. The van der Waals surface area contributed by atoms with E-state index in [2.05, 4.69) is 9.24 Å². The lowest BCUT2D eigenvalue weighted by molar-refractivity contribution is 0.265. The number of nitrogens with zero attached hydrogens (tertiary/aromatic N) is 2. The lowest BCUT2D eigenvalue weighted by Crippen LogP contribution is -2.41. The van der Waals surface area contributed by atoms with Crippen molar-refractivity contribution in [3.05, 3.63) is 91.0 Å². The Hall–Kier alpha value is -2.64. The number of hydrogen-bond donors (Lipinski definition) is 0. The van der Waals surface area contributed by atoms with Crippen LogP contribution in [0.15, 0.2) is 91.0 Å². The van der Waals surface area contributed by atoms with Crippen LogP contribution in [0.1, 0.15) is 0 Å². The molecule has 1 unspecified atom stereocenters. The summed E-state index contributed by atoms with van der Waals surface area (Å²) in [4.78, 5) is 12.4. The SMILES string of the molecule is O=C(P)N(c1ccccc1)N(c1ccccc1)c1ccccc1. The van der Waals surface area contributed by atoms with E-state index < -0.39 is 0 Å². The summed E-state index contributed by atoms with van der Waals surface area (Å²) in [6.07, 6.45) is 0. The molecule has 23 heavy (non-hydrogen) atoms. The number of carbonyl (C=O) groups is 1. The molecule has 0 aliphatic rings. The van der Waals surface area contributed by atoms with Crippen LogP contribution in [0.25, 0.3) is 0 Å². The number of hydrazine groups is 1. The van der Waals surface area contributed by atoms with Gasteiger partial charge in [-0.15, -0.1) is 0 Å². The molecule has 0 heterocycles. The molecule has 0 N–H and O–H groups in total. The summed E-state index contributed by atoms with van der Waals surface area (Å²) >= 11 is 0. The highest BCUT2D eigenvalue weighted by Gasteiger charge is 2.22. The van der Waals surface area contributed by atoms with Gasteiger partial charge in [0.1, 0.15) is 0 Å². The van der Waals surface area contributed by atoms with Crippen LogP contribution in [0.5, 0.6) is 0 Å². The predicted molar refractivity (Wildman–Crippen MR) is 99.1 cm³/mol. The Bertz CT molecular complexity index is 724. The topological polar surface area (TPSA) is 23.6 Å². The van der Waals surface area contributed by atoms with Crippen molar-refractivity contribution in [3.63, 3.8) is 0 Å². The summed E-state index contributed by atoms with van der Waals surface area (Å²) in [6.45, 7) is 0. The zero-order valence-electron chi connectivity index (χ0n) is 12.5. The van der Waals surface area contributed by atoms with Crippen molar-refractivity contribution in [2.75, 3.05) is 10.0 Å². The van der Waals surface area contributed by atoms with Crippen LogP contribution in [0.4, 0.5) is 21.9 Å². The molecule has 0 spiro atoms. The summed E-state index contributed by atoms with van der Waals surface area (Å²) in [5, 5.41) is 3.56. The molecule has 0 saturated carbocycles. The number of carbonyl (C=O) groups excluding carboxylic acids is 1. The number of hydrogen-bond acceptors (Lipinski definition) is 2. The molecule has 3 aromatic carbocycles. The average Bonchev–Trinajstić information content (AvgIpc) is 2.61. The highest BCUT2D eigenvalue weighted by atomic mass is 31.0. The molecule has 0 saturated heterocycles. The zero-order chi connectivity index (χ0) is 16.1. The lowest BCUT2D eigenvalue weighted by atomic mass is 10.2. The number of amides is 1. The third-order valence-corrected chi connectivity index (χ3v) is 3.66. The second-order valence-electron chi connectivity index (χ2n) is 4.97. The van der Waals surface area contributed by atoms with Gasteiger partial charge in [-0.2, -0.15) is 0 Å². The fourth-order valence-electron chi connectivity index (χ4n) is 2.43. The van der Waals surface area contributed by atoms with E-state index in [1.165, 1.54) is 0 Å². The molecule has 3 nitrogen and oxygen atoms in total. The van der Waals surface area contributed by atoms with Crippen molar-refractivity contribution >= 4 is 32.0 Å². The summed E-state index contributed by atoms with van der Waals surface area (Å²) < 4.78 is 0. The maximum absolute atomic E-state index is 12.4. The quantitative estimate of drug-likeness (QED) is 0.485. The molecule has 0 fully saturated rings. The van der Waals surface area contributed by atoms with E-state index in [1.807, 2.05) is 96.0 Å². The first kappa shape index (κ1) is 15.3. The molecule has 3 aromatic rings. The molecule has 0 bridgehead atoms. The van der Waals surface area contributed by atoms with E-state index in [0.29, 0.717) is 0 Å². The van der Waals surface area contributed by atoms with Gasteiger partial charge in [-0.1, -0.05) is 54.6 Å². The van der Waals surface area contributed by atoms with E-state index in [-0.39, 0.29) is 5.65 Å². The summed E-state index contributed by atoms with van der Waals surface area (Å²) in [6, 6.07) is 29.3. The molecule has 1 amide bonds. The van der Waals surface area contributed by atoms with Crippen molar-refractivity contribution in [3.8, 4) is 0 Å². The summed E-state index contributed by atoms with van der Waals surface area (Å²) in [5.74, 6) is 0. The van der Waals surface area contributed by atoms with Crippen molar-refractivity contribution in [1.82, 2.24) is 0 Å². The Labute approximate surface area is 138 Å². The number of para-hydroxylation sites is 3. The van der Waals surface area contributed by atoms with E-state index in [1.54, 1.807) is 5.01 Å². The Morgan fingerprint density at radius 2 is 0.957 bits per heavy atom. The van der Waals surface area contributed by atoms with Gasteiger partial charge in [0, 0.05) is 0 Å². The maximum atomic E-state index is 12.4. The second kappa shape index (κ2) is 7.08. The first-order valence-electron chi connectivity index (χ1n) is 7.32. The maximum Gasteiger partial charge on any atom is 0.260 e. The third kappa shape index (κ3) is 3.41. The van der Waals surface area contributed by atoms with Gasteiger partial charge in [0.15, 0.2) is 0 Å². The van der Waals surface area contributed by atoms with E-state index in [9.17, 15) is 4.79 Å². The van der Waals surface area contributed by atoms with Crippen LogP contribution >= 0.6 is 9.24 Å². The van der Waals surface area contributed by atoms with E-state index in [0.717, 1.165) is 17.1 Å². The highest BCUT2D eigenvalue weighted by Crippen LogP contribution is 2.31. The van der Waals surface area contributed by atoms with E-state index in [4.69, 9.17) is 0 Å². The monoisotopic (exact) mass is 320 g/mol. The van der Waals surface area contributed by atoms with Gasteiger partial charge in [-0.05, 0) is 45.6 Å². The van der Waals surface area contributed by atoms with Gasteiger partial charge < -0.3 is 0 Å². The zero-order valence-corrected chi connectivity index (χ0v) is 13.7. The van der Waals surface area contributed by atoms with Crippen molar-refractivity contribution in [1.29, 1.82) is 0 Å². The van der Waals surface area contributed by atoms with Crippen LogP contribution in [0.3, 0.4) is 0 Å². The highest BCUT2D eigenvalue weighted by molar-refractivity contribution is 7.40. The van der Waals surface area contributed by atoms with Gasteiger partial charge in [0.2, 0.25) is 0 Å². The third-order valence-electron chi connectivity index (χ3n) is 3.41. The molecule has 114 valence electrons. The largest absolute Gasteiger partial charge is 0.268 e. The van der Waals surface area contributed by atoms with Crippen LogP contribution in [-0.4, -0.2) is 5.65 Å². The van der Waals surface area contributed by atoms with Crippen LogP contribution in [0.2, 0.25) is 0 Å². The number of benzene rings is 3. The minimum atomic E-state index is -0.135. The first-order valence-corrected chi connectivity index (χ1v) is 7.90. The predicted octanol–water partition coefficient (Wildman–Crippen LogP) is 5.24. The van der Waals surface area contributed by atoms with Crippen LogP contribution in [-0.2, 0) is 0 Å². The molecule has 4 heteroatoms. The smallest absolute Gasteiger partial charge is 0.260 e. The molecule has 3 rings (SSSR count). The Balaban J connectivity index is 2.15. The lowest BCUT2D eigenvalue weighted by Gasteiger charge is -2.35. The first-order chi connectivity index (χ1) is 11.3. The summed E-state index contributed by atoms with van der Waals surface area (Å²) in [5.41, 5.74) is 2.50. The normalized spacial score (nSPS) is 10.1. The van der Waals surface area contributed by atoms with Crippen molar-refractivity contribution in [2.45, 2.75) is 0 Å². The minimum absolute atomic E-state index is 0.135. The molecule has 0 radical (unpaired) electrons. The molecule has 0 aliphatic carbocycles. The van der Waals surface area contributed by atoms with Gasteiger partial charge in [0.05, 0.1) is 17.1 Å². The van der Waals surface area contributed by atoms with Crippen molar-refractivity contribution < 1.29 is 4.79 Å². The van der Waals surface area contributed by atoms with Gasteiger partial charge in [0.25, 0.3) is 5.65 Å². The van der Waals surface area contributed by atoms with Crippen LogP contribution < -0.4 is 10.0 Å². The Morgan fingerprint density at radius 3 is 1.30 bits per heavy atom. The second-order valence-corrected chi connectivity index (χ2v) is 5.46. The standard InChI is InChI=1S/C19H17N2OP/c22-19(23)21(18-14-8-3-9-15-18)20(16-10-4-1-5-11-16)17-12-6-2-7-13-17/h1-15H,23H2. The average molecular weight is 320 g/mol. The molecule has 0 aromatic heterocycles. The van der Waals surface area contributed by atoms with Crippen molar-refractivity contribution in [2.24, 2.45) is 0 Å². The summed E-state index contributed by atoms with van der Waals surface area (Å²) in [7, 11) is 2.26. The molecule has 1 atom stereocenters. The Kier molecular flexibility index (Phi) is 4.70. The number of rotatable bonds is 4. The van der Waals surface area contributed by atoms with E-state index >= 15 is 0 Å².